The zero-order chi connectivity index (χ0) is 40.2. The van der Waals surface area contributed by atoms with Gasteiger partial charge in [0.2, 0.25) is 16.2 Å². The number of thiazole rings is 1. The van der Waals surface area contributed by atoms with Gasteiger partial charge in [-0.15, -0.1) is 16.4 Å². The van der Waals surface area contributed by atoms with Crippen molar-refractivity contribution in [1.29, 1.82) is 0 Å². The molecule has 0 radical (unpaired) electrons. The van der Waals surface area contributed by atoms with Crippen LogP contribution in [0.15, 0.2) is 53.0 Å². The van der Waals surface area contributed by atoms with Gasteiger partial charge in [0, 0.05) is 0 Å². The molecule has 2 aromatic heterocycles. The van der Waals surface area contributed by atoms with Gasteiger partial charge in [0.25, 0.3) is 10.0 Å². The largest absolute Gasteiger partial charge is 0.492 e. The molecular formula is C33H42N8O12S2. The standard InChI is InChI=1S/C33H42N8O12S2/c1-33(2,3)53-31(46)37-25(16-42)29(44)35-10-11-51-22-7-5-6-20(12-22)17-50-19-26(30(45)49-4)36-28(43)15-41-14-21(39-40-41)18-52-23-8-9-24-27(13-23)54-32(38-24)55(34,47)48/h5-9,12-14,25-26,42H,10-11,15-19H2,1-4H3,(H,35,44)(H,36,43)(H,37,46)(H2,34,47,48)/t25-,26?/m0/s1. The monoisotopic (exact) mass is 806 g/mol. The van der Waals surface area contributed by atoms with Crippen LogP contribution in [0.3, 0.4) is 0 Å². The summed E-state index contributed by atoms with van der Waals surface area (Å²) in [5, 5.41) is 30.0. The summed E-state index contributed by atoms with van der Waals surface area (Å²) in [5.74, 6) is -1.01. The Hall–Kier alpha value is -5.42. The first-order chi connectivity index (χ1) is 26.0. The van der Waals surface area contributed by atoms with Crippen LogP contribution in [0, 0.1) is 0 Å². The summed E-state index contributed by atoms with van der Waals surface area (Å²) >= 11 is 0.916. The Morgan fingerprint density at radius 3 is 2.49 bits per heavy atom. The van der Waals surface area contributed by atoms with E-state index in [9.17, 15) is 32.7 Å². The van der Waals surface area contributed by atoms with E-state index in [-0.39, 0.29) is 43.9 Å². The number of amides is 3. The molecule has 4 rings (SSSR count). The van der Waals surface area contributed by atoms with E-state index in [4.69, 9.17) is 28.8 Å². The van der Waals surface area contributed by atoms with E-state index in [2.05, 4.69) is 31.2 Å². The molecule has 22 heteroatoms. The third-order valence-electron chi connectivity index (χ3n) is 6.99. The number of aliphatic hydroxyl groups is 1. The average molecular weight is 807 g/mol. The number of nitrogens with two attached hydrogens (primary N) is 1. The van der Waals surface area contributed by atoms with Crippen LogP contribution >= 0.6 is 11.3 Å². The van der Waals surface area contributed by atoms with Gasteiger partial charge in [0.1, 0.15) is 48.6 Å². The topological polar surface area (TPSA) is 275 Å². The van der Waals surface area contributed by atoms with Crippen LogP contribution in [-0.2, 0) is 58.4 Å². The van der Waals surface area contributed by atoms with Crippen molar-refractivity contribution in [3.63, 3.8) is 0 Å². The highest BCUT2D eigenvalue weighted by molar-refractivity contribution is 7.91. The maximum absolute atomic E-state index is 12.8. The fraction of sp³-hybridized carbons (Fsp3) is 0.424. The van der Waals surface area contributed by atoms with Crippen LogP contribution < -0.4 is 30.6 Å². The van der Waals surface area contributed by atoms with Crippen molar-refractivity contribution in [2.24, 2.45) is 5.14 Å². The normalized spacial score (nSPS) is 12.7. The van der Waals surface area contributed by atoms with Gasteiger partial charge in [-0.25, -0.2) is 32.8 Å². The van der Waals surface area contributed by atoms with E-state index < -0.39 is 58.2 Å². The number of aliphatic hydroxyl groups excluding tert-OH is 1. The second-order valence-electron chi connectivity index (χ2n) is 12.7. The van der Waals surface area contributed by atoms with Crippen molar-refractivity contribution >= 4 is 55.5 Å². The summed E-state index contributed by atoms with van der Waals surface area (Å²) in [6.45, 7) is 4.11. The summed E-state index contributed by atoms with van der Waals surface area (Å²) in [7, 11) is -2.75. The minimum Gasteiger partial charge on any atom is -0.492 e. The van der Waals surface area contributed by atoms with Crippen LogP contribution in [0.5, 0.6) is 11.5 Å². The van der Waals surface area contributed by atoms with Gasteiger partial charge >= 0.3 is 12.1 Å². The second-order valence-corrected chi connectivity index (χ2v) is 15.4. The number of nitrogens with zero attached hydrogens (tertiary/aromatic N) is 4. The molecule has 0 aliphatic heterocycles. The van der Waals surface area contributed by atoms with Gasteiger partial charge in [-0.1, -0.05) is 17.3 Å². The lowest BCUT2D eigenvalue weighted by atomic mass is 10.2. The number of aromatic nitrogens is 4. The smallest absolute Gasteiger partial charge is 0.408 e. The van der Waals surface area contributed by atoms with Gasteiger partial charge in [0.05, 0.1) is 49.9 Å². The molecule has 0 saturated heterocycles. The van der Waals surface area contributed by atoms with Crippen LogP contribution in [0.2, 0.25) is 0 Å². The third kappa shape index (κ3) is 13.7. The number of hydrogen-bond acceptors (Lipinski definition) is 16. The maximum atomic E-state index is 12.8. The molecule has 2 atom stereocenters. The lowest BCUT2D eigenvalue weighted by Crippen LogP contribution is -2.50. The number of rotatable bonds is 19. The van der Waals surface area contributed by atoms with E-state index in [0.717, 1.165) is 11.3 Å². The zero-order valence-corrected chi connectivity index (χ0v) is 32.0. The Labute approximate surface area is 319 Å². The number of ether oxygens (including phenoxy) is 5. The summed E-state index contributed by atoms with van der Waals surface area (Å²) in [6.07, 6.45) is 0.657. The first-order valence-corrected chi connectivity index (χ1v) is 18.9. The van der Waals surface area contributed by atoms with Crippen molar-refractivity contribution in [3.05, 3.63) is 59.9 Å². The number of primary sulfonamides is 1. The number of methoxy groups -OCH3 is 1. The maximum Gasteiger partial charge on any atom is 0.408 e. The first kappa shape index (κ1) is 42.3. The number of esters is 1. The summed E-state index contributed by atoms with van der Waals surface area (Å²) < 4.78 is 51.9. The molecule has 2 aromatic carbocycles. The van der Waals surface area contributed by atoms with Crippen molar-refractivity contribution in [2.45, 2.75) is 62.6 Å². The van der Waals surface area contributed by atoms with E-state index in [1.807, 2.05) is 0 Å². The molecule has 0 spiro atoms. The molecule has 0 aliphatic rings. The molecule has 20 nitrogen and oxygen atoms in total. The molecule has 4 aromatic rings. The Morgan fingerprint density at radius 2 is 1.78 bits per heavy atom. The van der Waals surface area contributed by atoms with Crippen LogP contribution in [0.25, 0.3) is 10.2 Å². The zero-order valence-electron chi connectivity index (χ0n) is 30.3. The average Bonchev–Trinajstić information content (AvgIpc) is 3.77. The van der Waals surface area contributed by atoms with Crippen LogP contribution in [-0.4, -0.2) is 109 Å². The second kappa shape index (κ2) is 19.3. The van der Waals surface area contributed by atoms with Gasteiger partial charge in [-0.3, -0.25) is 9.59 Å². The van der Waals surface area contributed by atoms with Crippen molar-refractivity contribution in [1.82, 2.24) is 35.9 Å². The number of fused-ring (bicyclic) bond motifs is 1. The highest BCUT2D eigenvalue weighted by Gasteiger charge is 2.24. The quantitative estimate of drug-likeness (QED) is 0.0633. The van der Waals surface area contributed by atoms with E-state index in [1.54, 1.807) is 63.2 Å². The number of sulfonamides is 1. The Kier molecular flexibility index (Phi) is 14.8. The molecule has 0 fully saturated rings. The van der Waals surface area contributed by atoms with E-state index in [1.165, 1.54) is 18.0 Å². The fourth-order valence-electron chi connectivity index (χ4n) is 4.56. The molecular weight excluding hydrogens is 765 g/mol. The minimum atomic E-state index is -3.93. The number of alkyl carbamates (subject to hydrolysis) is 1. The highest BCUT2D eigenvalue weighted by atomic mass is 32.2. The van der Waals surface area contributed by atoms with E-state index >= 15 is 0 Å². The molecule has 0 saturated carbocycles. The SMILES string of the molecule is COC(=O)C(COCc1cccc(OCCNC(=O)[C@H](CO)NC(=O)OC(C)(C)C)c1)NC(=O)Cn1cc(COc2ccc3nc(S(N)(=O)=O)sc3c2)nn1. The van der Waals surface area contributed by atoms with Crippen molar-refractivity contribution < 1.29 is 56.4 Å². The number of carbonyl (C=O) groups excluding carboxylic acids is 4. The molecule has 0 bridgehead atoms. The van der Waals surface area contributed by atoms with Gasteiger partial charge in [-0.05, 0) is 56.7 Å². The Morgan fingerprint density at radius 1 is 1.02 bits per heavy atom. The molecule has 6 N–H and O–H groups in total. The van der Waals surface area contributed by atoms with Crippen LogP contribution in [0.1, 0.15) is 32.0 Å². The molecule has 2 heterocycles. The molecule has 3 amide bonds. The van der Waals surface area contributed by atoms with Gasteiger partial charge in [0.15, 0.2) is 6.04 Å². The number of hydrogen-bond donors (Lipinski definition) is 5. The minimum absolute atomic E-state index is 0.00442. The molecule has 55 heavy (non-hydrogen) atoms. The highest BCUT2D eigenvalue weighted by Crippen LogP contribution is 2.28. The predicted octanol–water partition coefficient (Wildman–Crippen LogP) is 0.369. The Bertz CT molecular complexity index is 2070. The summed E-state index contributed by atoms with van der Waals surface area (Å²) in [4.78, 5) is 53.5. The number of carbonyl (C=O) groups is 4. The molecule has 298 valence electrons. The molecule has 0 aliphatic carbocycles. The summed E-state index contributed by atoms with van der Waals surface area (Å²) in [5.41, 5.74) is 0.775. The number of nitrogens with one attached hydrogen (secondary N) is 3. The van der Waals surface area contributed by atoms with Crippen molar-refractivity contribution in [3.8, 4) is 11.5 Å². The van der Waals surface area contributed by atoms with Crippen LogP contribution in [0.4, 0.5) is 4.79 Å². The Balaban J connectivity index is 1.19. The van der Waals surface area contributed by atoms with E-state index in [0.29, 0.717) is 33.0 Å². The lowest BCUT2D eigenvalue weighted by Gasteiger charge is -2.22. The number of benzene rings is 2. The molecule has 1 unspecified atom stereocenters. The van der Waals surface area contributed by atoms with Gasteiger partial charge < -0.3 is 44.7 Å². The third-order valence-corrected chi connectivity index (χ3v) is 9.33. The lowest BCUT2D eigenvalue weighted by molar-refractivity contribution is -0.147. The van der Waals surface area contributed by atoms with Crippen molar-refractivity contribution in [2.75, 3.05) is 33.5 Å². The predicted molar refractivity (Wildman–Crippen MR) is 194 cm³/mol. The van der Waals surface area contributed by atoms with Gasteiger partial charge in [-0.2, -0.15) is 0 Å². The fourth-order valence-corrected chi connectivity index (χ4v) is 6.25. The summed E-state index contributed by atoms with van der Waals surface area (Å²) in [6, 6.07) is 9.39. The first-order valence-electron chi connectivity index (χ1n) is 16.5.